The maximum absolute atomic E-state index is 2.43. The van der Waals surface area contributed by atoms with Crippen molar-refractivity contribution < 1.29 is 0 Å². The number of fused-ring (bicyclic) bond motifs is 5. The van der Waals surface area contributed by atoms with E-state index in [1.807, 2.05) is 0 Å². The normalized spacial score (nSPS) is 14.0. The molecule has 0 spiro atoms. The molecule has 1 aliphatic rings. The van der Waals surface area contributed by atoms with E-state index < -0.39 is 0 Å². The molecular weight excluding hydrogens is 553 g/mol. The molecule has 0 heteroatoms. The summed E-state index contributed by atoms with van der Waals surface area (Å²) in [7, 11) is 0. The van der Waals surface area contributed by atoms with Crippen LogP contribution in [0.3, 0.4) is 0 Å². The fourth-order valence-corrected chi connectivity index (χ4v) is 7.31. The highest BCUT2D eigenvalue weighted by Crippen LogP contribution is 2.49. The lowest BCUT2D eigenvalue weighted by atomic mass is 9.81. The molecule has 0 aliphatic heterocycles. The number of rotatable bonds is 5. The fraction of sp³-hybridized carbons (Fsp3) is 0.0870. The Morgan fingerprint density at radius 3 is 1.98 bits per heavy atom. The number of hydrogen-bond acceptors (Lipinski definition) is 0. The first-order chi connectivity index (χ1) is 22.5. The van der Waals surface area contributed by atoms with Gasteiger partial charge in [0.15, 0.2) is 0 Å². The fourth-order valence-electron chi connectivity index (χ4n) is 7.31. The first-order valence-electron chi connectivity index (χ1n) is 16.2. The van der Waals surface area contributed by atoms with Crippen LogP contribution in [0.2, 0.25) is 0 Å². The monoisotopic (exact) mass is 588 g/mol. The van der Waals surface area contributed by atoms with E-state index >= 15 is 0 Å². The third-order valence-corrected chi connectivity index (χ3v) is 9.89. The average molecular weight is 589 g/mol. The summed E-state index contributed by atoms with van der Waals surface area (Å²) < 4.78 is 0. The lowest BCUT2D eigenvalue weighted by molar-refractivity contribution is 0.660. The molecule has 46 heavy (non-hydrogen) atoms. The Kier molecular flexibility index (Phi) is 6.80. The van der Waals surface area contributed by atoms with Crippen LogP contribution in [0.5, 0.6) is 0 Å². The molecule has 0 fully saturated rings. The van der Waals surface area contributed by atoms with Crippen molar-refractivity contribution in [3.8, 4) is 22.3 Å². The summed E-state index contributed by atoms with van der Waals surface area (Å²) in [6.45, 7) is 6.93. The summed E-state index contributed by atoms with van der Waals surface area (Å²) in [5.74, 6) is 0. The van der Waals surface area contributed by atoms with Crippen LogP contribution in [-0.4, -0.2) is 0 Å². The molecule has 7 aromatic rings. The molecular formula is C46H36. The summed E-state index contributed by atoms with van der Waals surface area (Å²) in [5, 5.41) is 5.08. The van der Waals surface area contributed by atoms with Gasteiger partial charge in [-0.3, -0.25) is 0 Å². The van der Waals surface area contributed by atoms with Gasteiger partial charge in [-0.15, -0.1) is 0 Å². The molecule has 0 amide bonds. The van der Waals surface area contributed by atoms with E-state index in [4.69, 9.17) is 0 Å². The van der Waals surface area contributed by atoms with Crippen LogP contribution in [0.15, 0.2) is 164 Å². The van der Waals surface area contributed by atoms with Gasteiger partial charge >= 0.3 is 0 Å². The molecule has 0 N–H and O–H groups in total. The van der Waals surface area contributed by atoms with Crippen molar-refractivity contribution in [3.63, 3.8) is 0 Å². The van der Waals surface area contributed by atoms with Crippen LogP contribution >= 0.6 is 0 Å². The van der Waals surface area contributed by atoms with E-state index in [0.29, 0.717) is 0 Å². The highest BCUT2D eigenvalue weighted by molar-refractivity contribution is 5.95. The Morgan fingerprint density at radius 1 is 0.478 bits per heavy atom. The Bertz CT molecular complexity index is 2320. The van der Waals surface area contributed by atoms with E-state index in [-0.39, 0.29) is 5.41 Å². The van der Waals surface area contributed by atoms with Crippen LogP contribution < -0.4 is 0 Å². The molecule has 220 valence electrons. The van der Waals surface area contributed by atoms with Crippen molar-refractivity contribution in [1.29, 1.82) is 0 Å². The Labute approximate surface area is 272 Å². The largest absolute Gasteiger partial charge is 0.0619 e. The Hall–Kier alpha value is -5.46. The smallest absolute Gasteiger partial charge is 0.0159 e. The molecule has 0 bridgehead atoms. The second-order valence-corrected chi connectivity index (χ2v) is 13.0. The minimum atomic E-state index is -0.0539. The molecule has 0 saturated carbocycles. The van der Waals surface area contributed by atoms with Crippen LogP contribution in [0.25, 0.3) is 54.9 Å². The molecule has 8 rings (SSSR count). The molecule has 1 aliphatic carbocycles. The van der Waals surface area contributed by atoms with Crippen molar-refractivity contribution in [2.45, 2.75) is 26.2 Å². The van der Waals surface area contributed by atoms with Gasteiger partial charge in [0, 0.05) is 5.41 Å². The maximum atomic E-state index is 2.43. The summed E-state index contributed by atoms with van der Waals surface area (Å²) in [6.07, 6.45) is 4.61. The van der Waals surface area contributed by atoms with Crippen LogP contribution in [-0.2, 0) is 5.41 Å². The second-order valence-electron chi connectivity index (χ2n) is 13.0. The van der Waals surface area contributed by atoms with Gasteiger partial charge in [0.25, 0.3) is 0 Å². The zero-order valence-corrected chi connectivity index (χ0v) is 26.6. The molecule has 0 unspecified atom stereocenters. The maximum Gasteiger partial charge on any atom is 0.0159 e. The van der Waals surface area contributed by atoms with E-state index in [9.17, 15) is 0 Å². The van der Waals surface area contributed by atoms with Gasteiger partial charge in [-0.1, -0.05) is 166 Å². The molecule has 0 nitrogen and oxygen atoms in total. The number of benzene rings is 7. The quantitative estimate of drug-likeness (QED) is 0.175. The number of allylic oxidation sites excluding steroid dienone is 3. The number of hydrogen-bond donors (Lipinski definition) is 0. The topological polar surface area (TPSA) is 0 Å². The van der Waals surface area contributed by atoms with Gasteiger partial charge in [-0.2, -0.15) is 0 Å². The molecule has 0 heterocycles. The average Bonchev–Trinajstić information content (AvgIpc) is 3.33. The summed E-state index contributed by atoms with van der Waals surface area (Å²) in [4.78, 5) is 0. The highest BCUT2D eigenvalue weighted by Gasteiger charge is 2.35. The predicted octanol–water partition coefficient (Wildman–Crippen LogP) is 12.5. The van der Waals surface area contributed by atoms with Crippen LogP contribution in [0.4, 0.5) is 0 Å². The lowest BCUT2D eigenvalue weighted by Crippen LogP contribution is -2.15. The molecule has 0 saturated heterocycles. The van der Waals surface area contributed by atoms with Crippen molar-refractivity contribution in [3.05, 3.63) is 192 Å². The third kappa shape index (κ3) is 4.78. The molecule has 0 radical (unpaired) electrons. The zero-order valence-electron chi connectivity index (χ0n) is 26.6. The van der Waals surface area contributed by atoms with Crippen molar-refractivity contribution in [1.82, 2.24) is 0 Å². The summed E-state index contributed by atoms with van der Waals surface area (Å²) >= 11 is 0. The minimum Gasteiger partial charge on any atom is -0.0619 e. The van der Waals surface area contributed by atoms with Gasteiger partial charge in [-0.05, 0) is 102 Å². The van der Waals surface area contributed by atoms with Crippen molar-refractivity contribution in [2.24, 2.45) is 0 Å². The van der Waals surface area contributed by atoms with Crippen LogP contribution in [0, 0.1) is 0 Å². The van der Waals surface area contributed by atoms with Crippen molar-refractivity contribution >= 4 is 32.7 Å². The first kappa shape index (κ1) is 28.0. The van der Waals surface area contributed by atoms with Gasteiger partial charge in [0.05, 0.1) is 0 Å². The summed E-state index contributed by atoms with van der Waals surface area (Å²) in [5.41, 5.74) is 14.1. The van der Waals surface area contributed by atoms with Gasteiger partial charge in [0.2, 0.25) is 0 Å². The van der Waals surface area contributed by atoms with E-state index in [1.165, 1.54) is 82.8 Å². The third-order valence-electron chi connectivity index (χ3n) is 9.89. The van der Waals surface area contributed by atoms with Crippen molar-refractivity contribution in [2.75, 3.05) is 0 Å². The van der Waals surface area contributed by atoms with Gasteiger partial charge in [0.1, 0.15) is 0 Å². The standard InChI is InChI=1S/C46H36/c1-31(39-17-10-14-34-12-6-7-15-41(34)39)19-27-40(38-26-28-43-42-16-8-9-18-44(42)46(2,3)45(43)30-38)35-23-20-33(21-24-35)37-25-22-32-11-4-5-13-36(32)29-37/h4-30H,1-3H3/b31-19+,40-27-. The highest BCUT2D eigenvalue weighted by atomic mass is 14.4. The Balaban J connectivity index is 1.24. The molecule has 0 atom stereocenters. The molecule has 0 aromatic heterocycles. The van der Waals surface area contributed by atoms with Crippen LogP contribution in [0.1, 0.15) is 48.6 Å². The van der Waals surface area contributed by atoms with E-state index in [1.54, 1.807) is 0 Å². The SMILES string of the molecule is C/C(=C\C=C(\c1ccc(-c2ccc3ccccc3c2)cc1)c1ccc2c(c1)C(C)(C)c1ccccc1-2)c1cccc2ccccc12. The first-order valence-corrected chi connectivity index (χ1v) is 16.2. The minimum absolute atomic E-state index is 0.0539. The summed E-state index contributed by atoms with van der Waals surface area (Å²) in [6, 6.07) is 55.6. The van der Waals surface area contributed by atoms with Gasteiger partial charge < -0.3 is 0 Å². The van der Waals surface area contributed by atoms with E-state index in [0.717, 1.165) is 0 Å². The zero-order chi connectivity index (χ0) is 31.3. The van der Waals surface area contributed by atoms with E-state index in [2.05, 4.69) is 185 Å². The Morgan fingerprint density at radius 2 is 1.13 bits per heavy atom. The molecule has 7 aromatic carbocycles. The van der Waals surface area contributed by atoms with Gasteiger partial charge in [-0.25, -0.2) is 0 Å². The second kappa shape index (κ2) is 11.2. The predicted molar refractivity (Wildman–Crippen MR) is 198 cm³/mol. The lowest BCUT2D eigenvalue weighted by Gasteiger charge is -2.22.